The summed E-state index contributed by atoms with van der Waals surface area (Å²) in [5, 5.41) is 0. The Hall–Kier alpha value is 0.477. The summed E-state index contributed by atoms with van der Waals surface area (Å²) < 4.78 is 42.7. The molecule has 0 aromatic rings. The van der Waals surface area contributed by atoms with E-state index >= 15 is 0 Å². The molecule has 0 amide bonds. The number of halogens is 2. The zero-order valence-electron chi connectivity index (χ0n) is 17.1. The van der Waals surface area contributed by atoms with Gasteiger partial charge >= 0.3 is 0 Å². The molecule has 0 aromatic carbocycles. The van der Waals surface area contributed by atoms with Gasteiger partial charge < -0.3 is 37.9 Å². The minimum atomic E-state index is -1.69. The molecule has 0 aliphatic rings. The summed E-state index contributed by atoms with van der Waals surface area (Å²) in [6.07, 6.45) is 0.292. The van der Waals surface area contributed by atoms with Crippen molar-refractivity contribution in [2.45, 2.75) is 18.8 Å². The lowest BCUT2D eigenvalue weighted by atomic mass is 10.4. The van der Waals surface area contributed by atoms with Gasteiger partial charge in [-0.25, -0.2) is 0 Å². The van der Waals surface area contributed by atoms with Crippen LogP contribution in [-0.4, -0.2) is 107 Å². The van der Waals surface area contributed by atoms with Crippen LogP contribution in [0.2, 0.25) is 6.04 Å². The van der Waals surface area contributed by atoms with Crippen LogP contribution in [0.4, 0.5) is 0 Å². The van der Waals surface area contributed by atoms with Crippen molar-refractivity contribution in [3.63, 3.8) is 0 Å². The van der Waals surface area contributed by atoms with Crippen LogP contribution in [0.25, 0.3) is 0 Å². The summed E-state index contributed by atoms with van der Waals surface area (Å²) >= 11 is 11.9. The molecule has 8 nitrogen and oxygen atoms in total. The van der Waals surface area contributed by atoms with E-state index in [0.717, 1.165) is 6.04 Å². The normalized spacial score (nSPS) is 11.8. The van der Waals surface area contributed by atoms with E-state index in [9.17, 15) is 0 Å². The maximum Gasteiger partial charge on any atom is 0.237 e. The predicted molar refractivity (Wildman–Crippen MR) is 111 cm³/mol. The molecule has 0 rings (SSSR count). The summed E-state index contributed by atoms with van der Waals surface area (Å²) in [6, 6.07) is 0.718. The van der Waals surface area contributed by atoms with Crippen molar-refractivity contribution in [3.8, 4) is 0 Å². The molecule has 0 fully saturated rings. The van der Waals surface area contributed by atoms with Crippen LogP contribution in [-0.2, 0) is 37.9 Å². The Labute approximate surface area is 179 Å². The van der Waals surface area contributed by atoms with E-state index < -0.39 is 7.42 Å². The summed E-state index contributed by atoms with van der Waals surface area (Å²) in [5.41, 5.74) is 0. The third kappa shape index (κ3) is 22.8. The molecule has 0 saturated carbocycles. The second-order valence-corrected chi connectivity index (χ2v) is 10.8. The number of methoxy groups -OCH3 is 2. The first-order valence-electron chi connectivity index (χ1n) is 9.50. The predicted octanol–water partition coefficient (Wildman–Crippen LogP) is 1.79. The first-order chi connectivity index (χ1) is 13.7. The van der Waals surface area contributed by atoms with E-state index in [0.29, 0.717) is 85.7 Å². The summed E-state index contributed by atoms with van der Waals surface area (Å²) in [7, 11) is 1.59. The average molecular weight is 467 g/mol. The highest BCUT2D eigenvalue weighted by atomic mass is 35.7. The molecule has 0 N–H and O–H groups in total. The van der Waals surface area contributed by atoms with E-state index in [1.165, 1.54) is 0 Å². The fraction of sp³-hybridized carbons (Fsp3) is 1.00. The molecule has 0 bridgehead atoms. The van der Waals surface area contributed by atoms with Gasteiger partial charge in [0, 0.05) is 14.2 Å². The fourth-order valence-corrected chi connectivity index (χ4v) is 3.16. The first kappa shape index (κ1) is 28.5. The van der Waals surface area contributed by atoms with Gasteiger partial charge in [0.2, 0.25) is 7.42 Å². The largest absolute Gasteiger partial charge is 0.382 e. The third-order valence-corrected chi connectivity index (χ3v) is 5.37. The molecule has 0 saturated heterocycles. The second kappa shape index (κ2) is 23.8. The highest BCUT2D eigenvalue weighted by Crippen LogP contribution is 2.12. The molecule has 170 valence electrons. The van der Waals surface area contributed by atoms with Crippen LogP contribution >= 0.6 is 22.2 Å². The zero-order chi connectivity index (χ0) is 20.7. The van der Waals surface area contributed by atoms with Crippen LogP contribution in [0.3, 0.4) is 0 Å². The Balaban J connectivity index is 3.65. The molecular formula is C17H36Cl2O8Si. The fourth-order valence-electron chi connectivity index (χ4n) is 1.88. The summed E-state index contributed by atoms with van der Waals surface area (Å²) in [6.45, 7) is 6.15. The Kier molecular flexibility index (Phi) is 24.2. The molecule has 0 radical (unpaired) electrons. The lowest BCUT2D eigenvalue weighted by Crippen LogP contribution is -2.23. The molecule has 11 heteroatoms. The van der Waals surface area contributed by atoms with Crippen molar-refractivity contribution in [3.05, 3.63) is 0 Å². The van der Waals surface area contributed by atoms with Gasteiger partial charge in [0.05, 0.1) is 79.3 Å². The number of hydrogen-bond donors (Lipinski definition) is 0. The Morgan fingerprint density at radius 3 is 1.29 bits per heavy atom. The smallest absolute Gasteiger partial charge is 0.237 e. The molecule has 0 aromatic heterocycles. The van der Waals surface area contributed by atoms with Crippen LogP contribution in [0.1, 0.15) is 6.42 Å². The monoisotopic (exact) mass is 466 g/mol. The molecule has 0 atom stereocenters. The van der Waals surface area contributed by atoms with Gasteiger partial charge in [0.25, 0.3) is 0 Å². The molecule has 28 heavy (non-hydrogen) atoms. The van der Waals surface area contributed by atoms with E-state index in [1.807, 2.05) is 0 Å². The molecule has 0 heterocycles. The van der Waals surface area contributed by atoms with Crippen LogP contribution in [0.5, 0.6) is 0 Å². The Bertz CT molecular complexity index is 284. The molecule has 0 unspecified atom stereocenters. The van der Waals surface area contributed by atoms with Gasteiger partial charge in [-0.3, -0.25) is 0 Å². The van der Waals surface area contributed by atoms with Gasteiger partial charge in [-0.2, -0.15) is 22.2 Å². The van der Waals surface area contributed by atoms with E-state index in [-0.39, 0.29) is 6.29 Å². The van der Waals surface area contributed by atoms with Crippen molar-refractivity contribution in [2.75, 3.05) is 93.5 Å². The standard InChI is InChI=1S/C17H36Cl2O8Si/c1-20-4-6-22-8-10-24-12-14-26-17(3-16-28(18)19)27-15-13-25-11-9-23-7-5-21-2/h17,28H,3-16H2,1-2H3. The minimum Gasteiger partial charge on any atom is -0.382 e. The molecule has 0 aliphatic carbocycles. The highest BCUT2D eigenvalue weighted by Gasteiger charge is 2.13. The summed E-state index contributed by atoms with van der Waals surface area (Å²) in [5.74, 6) is 0. The van der Waals surface area contributed by atoms with Gasteiger partial charge in [0.15, 0.2) is 6.29 Å². The van der Waals surface area contributed by atoms with Crippen molar-refractivity contribution >= 4 is 29.6 Å². The second-order valence-electron chi connectivity index (χ2n) is 5.57. The summed E-state index contributed by atoms with van der Waals surface area (Å²) in [4.78, 5) is 0. The maximum absolute atomic E-state index is 5.93. The van der Waals surface area contributed by atoms with Crippen molar-refractivity contribution in [1.82, 2.24) is 0 Å². The van der Waals surface area contributed by atoms with Gasteiger partial charge in [-0.15, -0.1) is 0 Å². The van der Waals surface area contributed by atoms with E-state index in [1.54, 1.807) is 14.2 Å². The van der Waals surface area contributed by atoms with Crippen LogP contribution < -0.4 is 0 Å². The zero-order valence-corrected chi connectivity index (χ0v) is 19.7. The Morgan fingerprint density at radius 2 is 0.929 bits per heavy atom. The van der Waals surface area contributed by atoms with Crippen LogP contribution in [0.15, 0.2) is 0 Å². The van der Waals surface area contributed by atoms with Crippen molar-refractivity contribution in [2.24, 2.45) is 0 Å². The number of ether oxygens (including phenoxy) is 8. The van der Waals surface area contributed by atoms with Crippen molar-refractivity contribution in [1.29, 1.82) is 0 Å². The SMILES string of the molecule is COCCOCCOCCOC(CC[SiH](Cl)Cl)OCCOCCOCCOC. The van der Waals surface area contributed by atoms with E-state index in [4.69, 9.17) is 60.1 Å². The Morgan fingerprint density at radius 1 is 0.571 bits per heavy atom. The highest BCUT2D eigenvalue weighted by molar-refractivity contribution is 7.33. The van der Waals surface area contributed by atoms with Gasteiger partial charge in [-0.05, 0) is 12.5 Å². The quantitative estimate of drug-likeness (QED) is 0.0975. The first-order valence-corrected chi connectivity index (χ1v) is 13.8. The number of hydrogen-bond acceptors (Lipinski definition) is 8. The van der Waals surface area contributed by atoms with E-state index in [2.05, 4.69) is 0 Å². The van der Waals surface area contributed by atoms with Crippen LogP contribution in [0, 0.1) is 0 Å². The van der Waals surface area contributed by atoms with Gasteiger partial charge in [-0.1, -0.05) is 0 Å². The lowest BCUT2D eigenvalue weighted by Gasteiger charge is -2.19. The molecule has 0 aliphatic heterocycles. The average Bonchev–Trinajstić information content (AvgIpc) is 2.68. The topological polar surface area (TPSA) is 73.8 Å². The lowest BCUT2D eigenvalue weighted by molar-refractivity contribution is -0.160. The molecule has 0 spiro atoms. The minimum absolute atomic E-state index is 0.365. The van der Waals surface area contributed by atoms with Gasteiger partial charge in [0.1, 0.15) is 0 Å². The number of rotatable bonds is 23. The maximum atomic E-state index is 5.93. The third-order valence-electron chi connectivity index (χ3n) is 3.29. The molecular weight excluding hydrogens is 431 g/mol. The van der Waals surface area contributed by atoms with Crippen molar-refractivity contribution < 1.29 is 37.9 Å².